The van der Waals surface area contributed by atoms with Gasteiger partial charge in [0, 0.05) is 49.4 Å². The number of thioether (sulfide) groups is 1. The molecule has 1 N–H and O–H groups in total. The number of esters is 1. The van der Waals surface area contributed by atoms with Crippen LogP contribution in [-0.2, 0) is 19.1 Å². The Kier molecular flexibility index (Phi) is 8.53. The van der Waals surface area contributed by atoms with E-state index in [2.05, 4.69) is 25.3 Å². The van der Waals surface area contributed by atoms with Crippen molar-refractivity contribution in [1.82, 2.24) is 4.90 Å². The predicted molar refractivity (Wildman–Crippen MR) is 147 cm³/mol. The highest BCUT2D eigenvalue weighted by Gasteiger charge is 2.74. The third kappa shape index (κ3) is 4.65. The van der Waals surface area contributed by atoms with Gasteiger partial charge in [-0.1, -0.05) is 6.08 Å². The Balaban J connectivity index is 1.71. The molecule has 3 heterocycles. The molecule has 8 nitrogen and oxygen atoms in total. The van der Waals surface area contributed by atoms with Gasteiger partial charge in [-0.2, -0.15) is 0 Å². The van der Waals surface area contributed by atoms with Gasteiger partial charge in [-0.15, -0.1) is 18.3 Å². The quantitative estimate of drug-likeness (QED) is 0.329. The van der Waals surface area contributed by atoms with Crippen LogP contribution >= 0.6 is 11.8 Å². The SMILES string of the molecule is C=CCN(C(=O)C1N(CCCO)C(=O)[C@@H]2[C@@H](C(=O)OCC)[C@H]3CCC12S3)c1ccc(N(CC)CC)cc1. The lowest BCUT2D eigenvalue weighted by atomic mass is 9.71. The maximum Gasteiger partial charge on any atom is 0.310 e. The summed E-state index contributed by atoms with van der Waals surface area (Å²) in [5.74, 6) is -1.80. The summed E-state index contributed by atoms with van der Waals surface area (Å²) in [6, 6.07) is 7.21. The van der Waals surface area contributed by atoms with Crippen molar-refractivity contribution in [2.75, 3.05) is 49.2 Å². The number of carbonyl (C=O) groups is 3. The first-order valence-electron chi connectivity index (χ1n) is 13.4. The summed E-state index contributed by atoms with van der Waals surface area (Å²) in [7, 11) is 0. The number of carbonyl (C=O) groups excluding carboxylic acids is 3. The van der Waals surface area contributed by atoms with Crippen molar-refractivity contribution in [3.8, 4) is 0 Å². The maximum absolute atomic E-state index is 14.4. The van der Waals surface area contributed by atoms with E-state index in [-0.39, 0.29) is 42.8 Å². The number of nitrogens with zero attached hydrogens (tertiary/aromatic N) is 3. The van der Waals surface area contributed by atoms with Crippen molar-refractivity contribution in [3.63, 3.8) is 0 Å². The van der Waals surface area contributed by atoms with Crippen molar-refractivity contribution in [2.45, 2.75) is 56.1 Å². The van der Waals surface area contributed by atoms with Gasteiger partial charge < -0.3 is 24.5 Å². The van der Waals surface area contributed by atoms with E-state index in [0.717, 1.165) is 30.9 Å². The van der Waals surface area contributed by atoms with Gasteiger partial charge in [0.15, 0.2) is 0 Å². The van der Waals surface area contributed by atoms with Crippen LogP contribution in [0, 0.1) is 11.8 Å². The zero-order chi connectivity index (χ0) is 26.7. The Hall–Kier alpha value is -2.52. The Morgan fingerprint density at radius 3 is 2.49 bits per heavy atom. The average molecular weight is 530 g/mol. The molecule has 0 radical (unpaired) electrons. The molecule has 1 aromatic rings. The molecular formula is C28H39N3O5S. The van der Waals surface area contributed by atoms with Crippen molar-refractivity contribution < 1.29 is 24.2 Å². The largest absolute Gasteiger partial charge is 0.466 e. The minimum absolute atomic E-state index is 0.0236. The first-order chi connectivity index (χ1) is 17.9. The molecule has 9 heteroatoms. The third-order valence-corrected chi connectivity index (χ3v) is 9.97. The summed E-state index contributed by atoms with van der Waals surface area (Å²) in [5.41, 5.74) is 1.83. The molecule has 1 spiro atoms. The number of hydrogen-bond donors (Lipinski definition) is 1. The number of anilines is 2. The predicted octanol–water partition coefficient (Wildman–Crippen LogP) is 3.09. The number of benzene rings is 1. The lowest BCUT2D eigenvalue weighted by molar-refractivity contribution is -0.153. The molecule has 3 aliphatic heterocycles. The van der Waals surface area contributed by atoms with Crippen LogP contribution in [0.15, 0.2) is 36.9 Å². The lowest BCUT2D eigenvalue weighted by Crippen LogP contribution is -2.55. The normalized spacial score (nSPS) is 27.8. The van der Waals surface area contributed by atoms with Crippen LogP contribution in [0.5, 0.6) is 0 Å². The van der Waals surface area contributed by atoms with Crippen molar-refractivity contribution >= 4 is 40.9 Å². The number of fused-ring (bicyclic) bond motifs is 1. The van der Waals surface area contributed by atoms with Gasteiger partial charge in [-0.05, 0) is 64.3 Å². The Morgan fingerprint density at radius 2 is 1.89 bits per heavy atom. The molecule has 2 bridgehead atoms. The molecule has 37 heavy (non-hydrogen) atoms. The second-order valence-corrected chi connectivity index (χ2v) is 11.4. The van der Waals surface area contributed by atoms with E-state index in [4.69, 9.17) is 4.74 Å². The molecule has 0 aliphatic carbocycles. The molecule has 3 aliphatic rings. The van der Waals surface area contributed by atoms with E-state index in [1.165, 1.54) is 0 Å². The molecular weight excluding hydrogens is 490 g/mol. The fourth-order valence-corrected chi connectivity index (χ4v) is 8.65. The number of aliphatic hydroxyl groups excluding tert-OH is 1. The van der Waals surface area contributed by atoms with Crippen LogP contribution in [0.4, 0.5) is 11.4 Å². The number of rotatable bonds is 12. The number of ether oxygens (including phenoxy) is 1. The fraction of sp³-hybridized carbons (Fsp3) is 0.607. The van der Waals surface area contributed by atoms with Crippen LogP contribution < -0.4 is 9.80 Å². The van der Waals surface area contributed by atoms with Crippen molar-refractivity contribution in [2.24, 2.45) is 11.8 Å². The fourth-order valence-electron chi connectivity index (χ4n) is 6.45. The molecule has 0 aromatic heterocycles. The first kappa shape index (κ1) is 27.5. The van der Waals surface area contributed by atoms with Gasteiger partial charge >= 0.3 is 5.97 Å². The highest BCUT2D eigenvalue weighted by molar-refractivity contribution is 8.02. The number of likely N-dealkylation sites (tertiary alicyclic amines) is 1. The molecule has 0 saturated carbocycles. The van der Waals surface area contributed by atoms with E-state index < -0.39 is 22.6 Å². The van der Waals surface area contributed by atoms with Crippen LogP contribution in [0.1, 0.15) is 40.0 Å². The Morgan fingerprint density at radius 1 is 1.22 bits per heavy atom. The van der Waals surface area contributed by atoms with E-state index >= 15 is 0 Å². The average Bonchev–Trinajstić information content (AvgIpc) is 3.54. The minimum Gasteiger partial charge on any atom is -0.466 e. The second kappa shape index (κ2) is 11.5. The highest BCUT2D eigenvalue weighted by Crippen LogP contribution is 2.66. The van der Waals surface area contributed by atoms with Gasteiger partial charge in [0.2, 0.25) is 5.91 Å². The maximum atomic E-state index is 14.4. The van der Waals surface area contributed by atoms with E-state index in [9.17, 15) is 19.5 Å². The van der Waals surface area contributed by atoms with Crippen LogP contribution in [-0.4, -0.2) is 83.2 Å². The number of amides is 2. The molecule has 4 rings (SSSR count). The highest BCUT2D eigenvalue weighted by atomic mass is 32.2. The van der Waals surface area contributed by atoms with Crippen molar-refractivity contribution in [1.29, 1.82) is 0 Å². The number of aliphatic hydroxyl groups is 1. The molecule has 3 saturated heterocycles. The summed E-state index contributed by atoms with van der Waals surface area (Å²) in [6.45, 7) is 12.4. The Labute approximate surface area is 224 Å². The topological polar surface area (TPSA) is 90.4 Å². The third-order valence-electron chi connectivity index (χ3n) is 8.02. The van der Waals surface area contributed by atoms with Gasteiger partial charge in [0.05, 0.1) is 23.2 Å². The zero-order valence-corrected chi connectivity index (χ0v) is 22.9. The lowest BCUT2D eigenvalue weighted by Gasteiger charge is -2.37. The van der Waals surface area contributed by atoms with Crippen LogP contribution in [0.2, 0.25) is 0 Å². The number of hydrogen-bond acceptors (Lipinski definition) is 7. The van der Waals surface area contributed by atoms with Gasteiger partial charge in [0.25, 0.3) is 5.91 Å². The van der Waals surface area contributed by atoms with Crippen LogP contribution in [0.3, 0.4) is 0 Å². The monoisotopic (exact) mass is 529 g/mol. The van der Waals surface area contributed by atoms with Gasteiger partial charge in [0.1, 0.15) is 6.04 Å². The summed E-state index contributed by atoms with van der Waals surface area (Å²) in [6.07, 6.45) is 3.54. The second-order valence-electron chi connectivity index (χ2n) is 9.84. The molecule has 2 amide bonds. The summed E-state index contributed by atoms with van der Waals surface area (Å²) in [5, 5.41) is 9.51. The van der Waals surface area contributed by atoms with Gasteiger partial charge in [-0.3, -0.25) is 14.4 Å². The molecule has 2 unspecified atom stereocenters. The van der Waals surface area contributed by atoms with E-state index in [1.54, 1.807) is 34.6 Å². The zero-order valence-electron chi connectivity index (χ0n) is 22.1. The molecule has 202 valence electrons. The molecule has 1 aromatic carbocycles. The van der Waals surface area contributed by atoms with Crippen molar-refractivity contribution in [3.05, 3.63) is 36.9 Å². The summed E-state index contributed by atoms with van der Waals surface area (Å²) in [4.78, 5) is 46.8. The van der Waals surface area contributed by atoms with Crippen LogP contribution in [0.25, 0.3) is 0 Å². The molecule has 5 atom stereocenters. The van der Waals surface area contributed by atoms with Gasteiger partial charge in [-0.25, -0.2) is 0 Å². The standard InChI is InChI=1S/C28H39N3O5S/c1-5-16-30(20-12-10-19(11-13-20)29(6-2)7-3)26(34)24-28-15-14-21(37-28)22(27(35)36-8-4)23(28)25(33)31(24)17-9-18-32/h5,10-13,21-24,32H,1,6-9,14-18H2,2-4H3/t21-,22+,23+,24?,28?/m1/s1. The Bertz CT molecular complexity index is 1010. The summed E-state index contributed by atoms with van der Waals surface area (Å²) >= 11 is 1.63. The molecule has 3 fully saturated rings. The first-order valence-corrected chi connectivity index (χ1v) is 14.3. The summed E-state index contributed by atoms with van der Waals surface area (Å²) < 4.78 is 4.70. The smallest absolute Gasteiger partial charge is 0.310 e. The van der Waals surface area contributed by atoms with E-state index in [0.29, 0.717) is 19.4 Å². The minimum atomic E-state index is -0.714. The van der Waals surface area contributed by atoms with E-state index in [1.807, 2.05) is 24.3 Å².